The van der Waals surface area contributed by atoms with E-state index in [2.05, 4.69) is 10.1 Å². The van der Waals surface area contributed by atoms with E-state index in [-0.39, 0.29) is 5.41 Å². The van der Waals surface area contributed by atoms with Crippen molar-refractivity contribution in [1.29, 1.82) is 0 Å². The minimum absolute atomic E-state index is 0.134. The first kappa shape index (κ1) is 13.4. The topological polar surface area (TPSA) is 74.2 Å². The molecular weight excluding hydrogens is 278 g/mol. The molecule has 1 aromatic carbocycles. The lowest BCUT2D eigenvalue weighted by Crippen LogP contribution is -2.41. The molecule has 0 amide bonds. The van der Waals surface area contributed by atoms with E-state index >= 15 is 0 Å². The Balaban J connectivity index is 1.98. The molecule has 1 heterocycles. The fourth-order valence-electron chi connectivity index (χ4n) is 2.51. The van der Waals surface area contributed by atoms with Gasteiger partial charge in [-0.25, -0.2) is 0 Å². The third kappa shape index (κ3) is 2.07. The van der Waals surface area contributed by atoms with E-state index in [1.54, 1.807) is 19.2 Å². The number of methoxy groups -OCH3 is 1. The zero-order chi connectivity index (χ0) is 14.2. The summed E-state index contributed by atoms with van der Waals surface area (Å²) >= 11 is 5.95. The third-order valence-corrected chi connectivity index (χ3v) is 4.22. The smallest absolute Gasteiger partial charge is 0.234 e. The molecule has 2 N–H and O–H groups in total. The van der Waals surface area contributed by atoms with Crippen LogP contribution in [0.5, 0.6) is 5.75 Å². The Morgan fingerprint density at radius 3 is 2.85 bits per heavy atom. The summed E-state index contributed by atoms with van der Waals surface area (Å²) < 4.78 is 10.7. The van der Waals surface area contributed by atoms with Crippen molar-refractivity contribution in [2.75, 3.05) is 13.7 Å². The van der Waals surface area contributed by atoms with Crippen LogP contribution in [-0.4, -0.2) is 23.8 Å². The largest absolute Gasteiger partial charge is 0.496 e. The maximum absolute atomic E-state index is 5.95. The second-order valence-electron chi connectivity index (χ2n) is 5.11. The monoisotopic (exact) mass is 293 g/mol. The van der Waals surface area contributed by atoms with Crippen molar-refractivity contribution in [3.05, 3.63) is 29.1 Å². The van der Waals surface area contributed by atoms with Crippen molar-refractivity contribution >= 4 is 11.6 Å². The molecule has 3 rings (SSSR count). The lowest BCUT2D eigenvalue weighted by Gasteiger charge is -2.36. The molecule has 20 heavy (non-hydrogen) atoms. The number of nitrogens with two attached hydrogens (primary N) is 1. The number of hydrogen-bond donors (Lipinski definition) is 1. The van der Waals surface area contributed by atoms with Crippen LogP contribution in [0.15, 0.2) is 22.7 Å². The summed E-state index contributed by atoms with van der Waals surface area (Å²) in [6, 6.07) is 5.33. The van der Waals surface area contributed by atoms with Crippen LogP contribution in [0.25, 0.3) is 11.4 Å². The number of benzene rings is 1. The lowest BCUT2D eigenvalue weighted by molar-refractivity contribution is 0.182. The van der Waals surface area contributed by atoms with Crippen molar-refractivity contribution in [2.24, 2.45) is 5.73 Å². The molecule has 6 heteroatoms. The minimum atomic E-state index is -0.134. The van der Waals surface area contributed by atoms with Crippen LogP contribution in [-0.2, 0) is 5.41 Å². The van der Waals surface area contributed by atoms with E-state index < -0.39 is 0 Å². The first-order valence-electron chi connectivity index (χ1n) is 6.57. The van der Waals surface area contributed by atoms with Crippen LogP contribution in [0, 0.1) is 0 Å². The fraction of sp³-hybridized carbons (Fsp3) is 0.429. The average molecular weight is 294 g/mol. The van der Waals surface area contributed by atoms with Crippen molar-refractivity contribution < 1.29 is 9.26 Å². The van der Waals surface area contributed by atoms with Crippen LogP contribution in [0.3, 0.4) is 0 Å². The van der Waals surface area contributed by atoms with Crippen molar-refractivity contribution in [1.82, 2.24) is 10.1 Å². The zero-order valence-corrected chi connectivity index (χ0v) is 12.0. The highest BCUT2D eigenvalue weighted by molar-refractivity contribution is 6.30. The van der Waals surface area contributed by atoms with E-state index in [0.717, 1.165) is 24.8 Å². The van der Waals surface area contributed by atoms with E-state index in [1.807, 2.05) is 6.07 Å². The molecule has 106 valence electrons. The van der Waals surface area contributed by atoms with Gasteiger partial charge in [0, 0.05) is 11.6 Å². The molecule has 2 aromatic rings. The van der Waals surface area contributed by atoms with Gasteiger partial charge in [0.05, 0.1) is 18.1 Å². The quantitative estimate of drug-likeness (QED) is 0.938. The second-order valence-corrected chi connectivity index (χ2v) is 5.54. The molecule has 1 saturated carbocycles. The van der Waals surface area contributed by atoms with Crippen molar-refractivity contribution in [3.8, 4) is 17.1 Å². The molecule has 1 fully saturated rings. The number of nitrogens with zero attached hydrogens (tertiary/aromatic N) is 2. The summed E-state index contributed by atoms with van der Waals surface area (Å²) in [5.41, 5.74) is 6.48. The Morgan fingerprint density at radius 2 is 2.25 bits per heavy atom. The molecule has 1 aliphatic carbocycles. The first-order valence-corrected chi connectivity index (χ1v) is 6.94. The Labute approximate surface area is 122 Å². The van der Waals surface area contributed by atoms with Crippen LogP contribution >= 0.6 is 11.6 Å². The number of rotatable bonds is 4. The molecule has 1 aromatic heterocycles. The van der Waals surface area contributed by atoms with Gasteiger partial charge in [-0.2, -0.15) is 4.98 Å². The highest BCUT2D eigenvalue weighted by Crippen LogP contribution is 2.42. The van der Waals surface area contributed by atoms with E-state index in [1.165, 1.54) is 0 Å². The Kier molecular flexibility index (Phi) is 3.40. The van der Waals surface area contributed by atoms with Crippen LogP contribution < -0.4 is 10.5 Å². The first-order chi connectivity index (χ1) is 9.68. The highest BCUT2D eigenvalue weighted by Gasteiger charge is 2.42. The van der Waals surface area contributed by atoms with Gasteiger partial charge >= 0.3 is 0 Å². The normalized spacial score (nSPS) is 16.8. The van der Waals surface area contributed by atoms with E-state index in [0.29, 0.717) is 29.0 Å². The zero-order valence-electron chi connectivity index (χ0n) is 11.2. The van der Waals surface area contributed by atoms with E-state index in [4.69, 9.17) is 26.6 Å². The van der Waals surface area contributed by atoms with Gasteiger partial charge in [0.2, 0.25) is 11.7 Å². The van der Waals surface area contributed by atoms with Gasteiger partial charge in [-0.3, -0.25) is 0 Å². The third-order valence-electron chi connectivity index (χ3n) is 3.99. The molecule has 0 saturated heterocycles. The van der Waals surface area contributed by atoms with E-state index in [9.17, 15) is 0 Å². The van der Waals surface area contributed by atoms with Gasteiger partial charge in [-0.05, 0) is 31.0 Å². The van der Waals surface area contributed by atoms with Crippen LogP contribution in [0.4, 0.5) is 0 Å². The summed E-state index contributed by atoms with van der Waals surface area (Å²) in [5.74, 6) is 1.76. The summed E-state index contributed by atoms with van der Waals surface area (Å²) in [6.07, 6.45) is 3.16. The standard InChI is InChI=1S/C14H16ClN3O2/c1-19-11-7-9(15)3-4-10(11)12-17-13(20-18-12)14(8-16)5-2-6-14/h3-4,7H,2,5-6,8,16H2,1H3. The maximum Gasteiger partial charge on any atom is 0.234 e. The molecule has 5 nitrogen and oxygen atoms in total. The number of ether oxygens (including phenoxy) is 1. The van der Waals surface area contributed by atoms with Gasteiger partial charge in [-0.15, -0.1) is 0 Å². The molecule has 0 bridgehead atoms. The van der Waals surface area contributed by atoms with Crippen molar-refractivity contribution in [2.45, 2.75) is 24.7 Å². The molecular formula is C14H16ClN3O2. The molecule has 0 spiro atoms. The van der Waals surface area contributed by atoms with Gasteiger partial charge in [0.15, 0.2) is 0 Å². The molecule has 0 radical (unpaired) electrons. The lowest BCUT2D eigenvalue weighted by atomic mass is 9.69. The number of hydrogen-bond acceptors (Lipinski definition) is 5. The van der Waals surface area contributed by atoms with Gasteiger partial charge in [0.25, 0.3) is 0 Å². The molecule has 0 aliphatic heterocycles. The SMILES string of the molecule is COc1cc(Cl)ccc1-c1noc(C2(CN)CCC2)n1. The fourth-order valence-corrected chi connectivity index (χ4v) is 2.67. The van der Waals surface area contributed by atoms with Crippen molar-refractivity contribution in [3.63, 3.8) is 0 Å². The molecule has 0 unspecified atom stereocenters. The number of halogens is 1. The molecule has 0 atom stereocenters. The van der Waals surface area contributed by atoms with Crippen LogP contribution in [0.1, 0.15) is 25.2 Å². The Hall–Kier alpha value is -1.59. The summed E-state index contributed by atoms with van der Waals surface area (Å²) in [6.45, 7) is 0.534. The Bertz CT molecular complexity index is 617. The molecule has 1 aliphatic rings. The Morgan fingerprint density at radius 1 is 1.45 bits per heavy atom. The van der Waals surface area contributed by atoms with Gasteiger partial charge < -0.3 is 15.0 Å². The maximum atomic E-state index is 5.95. The summed E-state index contributed by atoms with van der Waals surface area (Å²) in [7, 11) is 1.59. The summed E-state index contributed by atoms with van der Waals surface area (Å²) in [5, 5.41) is 4.66. The predicted molar refractivity (Wildman–Crippen MR) is 75.9 cm³/mol. The summed E-state index contributed by atoms with van der Waals surface area (Å²) in [4.78, 5) is 4.50. The van der Waals surface area contributed by atoms with Gasteiger partial charge in [0.1, 0.15) is 5.75 Å². The second kappa shape index (κ2) is 5.07. The average Bonchev–Trinajstić information content (AvgIpc) is 2.88. The highest BCUT2D eigenvalue weighted by atomic mass is 35.5. The predicted octanol–water partition coefficient (Wildman–Crippen LogP) is 2.78. The van der Waals surface area contributed by atoms with Crippen LogP contribution in [0.2, 0.25) is 5.02 Å². The minimum Gasteiger partial charge on any atom is -0.496 e. The number of aromatic nitrogens is 2. The van der Waals surface area contributed by atoms with Gasteiger partial charge in [-0.1, -0.05) is 23.2 Å².